The van der Waals surface area contributed by atoms with E-state index < -0.39 is 54.2 Å². The summed E-state index contributed by atoms with van der Waals surface area (Å²) in [5.74, 6) is -1.15. The Morgan fingerprint density at radius 2 is 1.74 bits per heavy atom. The molecule has 3 heterocycles. The summed E-state index contributed by atoms with van der Waals surface area (Å²) in [4.78, 5) is 13.5. The average Bonchev–Trinajstić information content (AvgIpc) is 3.30. The first-order valence-corrected chi connectivity index (χ1v) is 10.2. The number of benzene rings is 2. The smallest absolute Gasteiger partial charge is 0.239 e. The number of hydrogen-bond acceptors (Lipinski definition) is 12. The molecular formula is C22H20O12. The zero-order chi connectivity index (χ0) is 24.1. The van der Waals surface area contributed by atoms with Gasteiger partial charge < -0.3 is 54.0 Å². The normalized spacial score (nSPS) is 26.1. The van der Waals surface area contributed by atoms with Crippen LogP contribution in [-0.4, -0.2) is 74.7 Å². The van der Waals surface area contributed by atoms with Crippen LogP contribution in [0.5, 0.6) is 28.7 Å². The van der Waals surface area contributed by atoms with E-state index in [-0.39, 0.29) is 46.3 Å². The maximum atomic E-state index is 13.5. The second-order valence-electron chi connectivity index (χ2n) is 7.78. The third-order valence-electron chi connectivity index (χ3n) is 5.67. The topological polar surface area (TPSA) is 189 Å². The molecule has 0 bridgehead atoms. The van der Waals surface area contributed by atoms with Gasteiger partial charge in [-0.3, -0.25) is 4.79 Å². The first-order chi connectivity index (χ1) is 16.3. The summed E-state index contributed by atoms with van der Waals surface area (Å²) >= 11 is 0. The largest absolute Gasteiger partial charge is 0.508 e. The van der Waals surface area contributed by atoms with Crippen LogP contribution in [0.1, 0.15) is 0 Å². The molecule has 0 saturated carbocycles. The van der Waals surface area contributed by atoms with E-state index in [0.717, 1.165) is 0 Å². The van der Waals surface area contributed by atoms with E-state index in [9.17, 15) is 35.4 Å². The molecule has 12 nitrogen and oxygen atoms in total. The summed E-state index contributed by atoms with van der Waals surface area (Å²) in [5.41, 5.74) is -0.637. The van der Waals surface area contributed by atoms with Crippen LogP contribution in [-0.2, 0) is 4.74 Å². The van der Waals surface area contributed by atoms with E-state index in [1.54, 1.807) is 0 Å². The van der Waals surface area contributed by atoms with Crippen LogP contribution in [0.2, 0.25) is 0 Å². The number of aromatic hydroxyl groups is 2. The van der Waals surface area contributed by atoms with Crippen molar-refractivity contribution in [1.29, 1.82) is 0 Å². The first kappa shape index (κ1) is 22.3. The fourth-order valence-corrected chi connectivity index (χ4v) is 3.87. The molecule has 1 aromatic heterocycles. The predicted octanol–water partition coefficient (Wildman–Crippen LogP) is -0.221. The van der Waals surface area contributed by atoms with E-state index in [1.807, 2.05) is 0 Å². The highest BCUT2D eigenvalue weighted by atomic mass is 16.7. The van der Waals surface area contributed by atoms with Gasteiger partial charge in [-0.05, 0) is 24.3 Å². The summed E-state index contributed by atoms with van der Waals surface area (Å²) in [7, 11) is 0. The van der Waals surface area contributed by atoms with Crippen molar-refractivity contribution in [3.63, 3.8) is 0 Å². The minimum Gasteiger partial charge on any atom is -0.508 e. The zero-order valence-electron chi connectivity index (χ0n) is 17.3. The number of rotatable bonds is 4. The van der Waals surface area contributed by atoms with Crippen molar-refractivity contribution in [2.45, 2.75) is 30.7 Å². The van der Waals surface area contributed by atoms with Gasteiger partial charge in [0.2, 0.25) is 30.0 Å². The van der Waals surface area contributed by atoms with Crippen LogP contribution in [0.25, 0.3) is 22.3 Å². The van der Waals surface area contributed by atoms with Gasteiger partial charge in [-0.1, -0.05) is 0 Å². The summed E-state index contributed by atoms with van der Waals surface area (Å²) in [5, 5.41) is 59.9. The number of phenols is 2. The van der Waals surface area contributed by atoms with Crippen molar-refractivity contribution >= 4 is 11.0 Å². The molecule has 2 aliphatic rings. The van der Waals surface area contributed by atoms with E-state index in [4.69, 9.17) is 23.4 Å². The first-order valence-electron chi connectivity index (χ1n) is 10.2. The highest BCUT2D eigenvalue weighted by Gasteiger charge is 2.45. The highest BCUT2D eigenvalue weighted by Crippen LogP contribution is 2.46. The van der Waals surface area contributed by atoms with Crippen LogP contribution in [0.4, 0.5) is 0 Å². The minimum atomic E-state index is -1.80. The molecule has 3 aromatic rings. The van der Waals surface area contributed by atoms with Gasteiger partial charge in [0, 0.05) is 11.6 Å². The molecule has 6 N–H and O–H groups in total. The van der Waals surface area contributed by atoms with Gasteiger partial charge in [-0.2, -0.15) is 0 Å². The standard InChI is InChI=1S/C22H20O12/c23-6-12-14(25)17(28)18(29)22(33-12)34-21-16(27)13-10(5-11-20(15(13)26)31-7-30-11)32-19(21)8-1-3-9(24)4-2-8/h1-5,12,14,17-18,22-26,28-29H,6-7H2. The summed E-state index contributed by atoms with van der Waals surface area (Å²) in [6.07, 6.45) is -8.15. The van der Waals surface area contributed by atoms with E-state index in [1.165, 1.54) is 30.3 Å². The lowest BCUT2D eigenvalue weighted by atomic mass is 9.99. The molecule has 0 amide bonds. The molecule has 180 valence electrons. The predicted molar refractivity (Wildman–Crippen MR) is 112 cm³/mol. The van der Waals surface area contributed by atoms with Crippen molar-refractivity contribution < 1.29 is 54.0 Å². The molecule has 5 rings (SSSR count). The number of phenolic OH excluding ortho intramolecular Hbond substituents is 2. The van der Waals surface area contributed by atoms with Crippen LogP contribution in [0, 0.1) is 0 Å². The van der Waals surface area contributed by atoms with Crippen molar-refractivity contribution in [3.05, 3.63) is 40.6 Å². The fraction of sp³-hybridized carbons (Fsp3) is 0.318. The number of aliphatic hydroxyl groups excluding tert-OH is 4. The van der Waals surface area contributed by atoms with Crippen LogP contribution < -0.4 is 19.6 Å². The third-order valence-corrected chi connectivity index (χ3v) is 5.67. The Morgan fingerprint density at radius 1 is 1.00 bits per heavy atom. The lowest BCUT2D eigenvalue weighted by molar-refractivity contribution is -0.277. The molecule has 0 radical (unpaired) electrons. The van der Waals surface area contributed by atoms with Crippen LogP contribution >= 0.6 is 0 Å². The second-order valence-corrected chi connectivity index (χ2v) is 7.78. The zero-order valence-corrected chi connectivity index (χ0v) is 17.3. The lowest BCUT2D eigenvalue weighted by Crippen LogP contribution is -2.60. The monoisotopic (exact) mass is 476 g/mol. The number of fused-ring (bicyclic) bond motifs is 2. The summed E-state index contributed by atoms with van der Waals surface area (Å²) in [6, 6.07) is 6.92. The summed E-state index contributed by atoms with van der Waals surface area (Å²) < 4.78 is 27.4. The molecule has 0 spiro atoms. The highest BCUT2D eigenvalue weighted by molar-refractivity contribution is 5.91. The fourth-order valence-electron chi connectivity index (χ4n) is 3.87. The maximum absolute atomic E-state index is 13.5. The molecule has 2 aliphatic heterocycles. The Kier molecular flexibility index (Phi) is 5.46. The molecule has 1 saturated heterocycles. The van der Waals surface area contributed by atoms with E-state index in [0.29, 0.717) is 0 Å². The molecule has 5 atom stereocenters. The van der Waals surface area contributed by atoms with E-state index >= 15 is 0 Å². The van der Waals surface area contributed by atoms with Crippen LogP contribution in [0.3, 0.4) is 0 Å². The Balaban J connectivity index is 1.69. The second kappa shape index (κ2) is 8.34. The Hall–Kier alpha value is -3.55. The molecule has 0 aliphatic carbocycles. The molecule has 1 fully saturated rings. The number of aliphatic hydroxyl groups is 4. The molecule has 5 unspecified atom stereocenters. The number of hydrogen-bond donors (Lipinski definition) is 6. The number of ether oxygens (including phenoxy) is 4. The lowest BCUT2D eigenvalue weighted by Gasteiger charge is -2.39. The SMILES string of the molecule is O=c1c(OC2OC(CO)C(O)C(O)C2O)c(-c2ccc(O)cc2)oc2cc3c(c(O)c12)OCO3. The molecule has 12 heteroatoms. The van der Waals surface area contributed by atoms with Gasteiger partial charge in [-0.15, -0.1) is 0 Å². The molecule has 2 aromatic carbocycles. The average molecular weight is 476 g/mol. The Morgan fingerprint density at radius 3 is 2.44 bits per heavy atom. The van der Waals surface area contributed by atoms with Gasteiger partial charge in [-0.25, -0.2) is 0 Å². The van der Waals surface area contributed by atoms with Crippen molar-refractivity contribution in [1.82, 2.24) is 0 Å². The van der Waals surface area contributed by atoms with Crippen molar-refractivity contribution in [2.75, 3.05) is 13.4 Å². The third kappa shape index (κ3) is 3.48. The van der Waals surface area contributed by atoms with Gasteiger partial charge in [0.05, 0.1) is 6.61 Å². The minimum absolute atomic E-state index is 0.0516. The van der Waals surface area contributed by atoms with Gasteiger partial charge in [0.15, 0.2) is 17.3 Å². The van der Waals surface area contributed by atoms with E-state index in [2.05, 4.69) is 0 Å². The van der Waals surface area contributed by atoms with Gasteiger partial charge in [0.1, 0.15) is 41.1 Å². The quantitative estimate of drug-likeness (QED) is 0.291. The maximum Gasteiger partial charge on any atom is 0.239 e. The summed E-state index contributed by atoms with van der Waals surface area (Å²) in [6.45, 7) is -0.876. The Bertz CT molecular complexity index is 1280. The molecule has 34 heavy (non-hydrogen) atoms. The Labute approximate surface area is 190 Å². The van der Waals surface area contributed by atoms with Crippen molar-refractivity contribution in [3.8, 4) is 40.1 Å². The molecular weight excluding hydrogens is 456 g/mol. The van der Waals surface area contributed by atoms with Crippen molar-refractivity contribution in [2.24, 2.45) is 0 Å². The van der Waals surface area contributed by atoms with Gasteiger partial charge >= 0.3 is 0 Å². The van der Waals surface area contributed by atoms with Crippen LogP contribution in [0.15, 0.2) is 39.5 Å². The van der Waals surface area contributed by atoms with Gasteiger partial charge in [0.25, 0.3) is 0 Å².